The Bertz CT molecular complexity index is 561. The number of H-pyrrole nitrogens is 1. The molecule has 0 saturated carbocycles. The summed E-state index contributed by atoms with van der Waals surface area (Å²) in [6.07, 6.45) is 2.85. The zero-order chi connectivity index (χ0) is 13.8. The SMILES string of the molecule is CCC(C)CN(CC)C(=O)c1ccc2cn[nH]c2c1. The molecule has 1 N–H and O–H groups in total. The molecule has 0 aliphatic rings. The van der Waals surface area contributed by atoms with Crippen molar-refractivity contribution in [2.45, 2.75) is 27.2 Å². The van der Waals surface area contributed by atoms with Crippen LogP contribution in [0.25, 0.3) is 10.9 Å². The Labute approximate surface area is 113 Å². The molecular formula is C15H21N3O. The molecule has 4 nitrogen and oxygen atoms in total. The van der Waals surface area contributed by atoms with E-state index in [2.05, 4.69) is 24.0 Å². The first kappa shape index (κ1) is 13.6. The lowest BCUT2D eigenvalue weighted by molar-refractivity contribution is 0.0741. The highest BCUT2D eigenvalue weighted by atomic mass is 16.2. The van der Waals surface area contributed by atoms with Crippen LogP contribution in [0, 0.1) is 5.92 Å². The summed E-state index contributed by atoms with van der Waals surface area (Å²) in [6, 6.07) is 5.69. The van der Waals surface area contributed by atoms with E-state index in [1.807, 2.05) is 30.0 Å². The van der Waals surface area contributed by atoms with Crippen molar-refractivity contribution in [3.63, 3.8) is 0 Å². The van der Waals surface area contributed by atoms with Crippen molar-refractivity contribution < 1.29 is 4.79 Å². The fraction of sp³-hybridized carbons (Fsp3) is 0.467. The molecule has 0 radical (unpaired) electrons. The second-order valence-electron chi connectivity index (χ2n) is 5.03. The van der Waals surface area contributed by atoms with Gasteiger partial charge in [0.2, 0.25) is 0 Å². The minimum Gasteiger partial charge on any atom is -0.339 e. The van der Waals surface area contributed by atoms with Crippen molar-refractivity contribution in [2.24, 2.45) is 5.92 Å². The molecule has 0 fully saturated rings. The highest BCUT2D eigenvalue weighted by molar-refractivity contribution is 5.97. The Balaban J connectivity index is 2.20. The summed E-state index contributed by atoms with van der Waals surface area (Å²) in [5.41, 5.74) is 1.63. The van der Waals surface area contributed by atoms with Gasteiger partial charge in [-0.3, -0.25) is 9.89 Å². The molecule has 102 valence electrons. The van der Waals surface area contributed by atoms with Crippen LogP contribution in [0.1, 0.15) is 37.6 Å². The Morgan fingerprint density at radius 2 is 2.21 bits per heavy atom. The van der Waals surface area contributed by atoms with Crippen LogP contribution in [-0.4, -0.2) is 34.1 Å². The first-order valence-electron chi connectivity index (χ1n) is 6.88. The molecule has 1 aromatic heterocycles. The molecular weight excluding hydrogens is 238 g/mol. The number of hydrogen-bond donors (Lipinski definition) is 1. The maximum atomic E-state index is 12.5. The van der Waals surface area contributed by atoms with Crippen LogP contribution < -0.4 is 0 Å². The summed E-state index contributed by atoms with van der Waals surface area (Å²) in [6.45, 7) is 7.90. The van der Waals surface area contributed by atoms with Crippen LogP contribution in [0.3, 0.4) is 0 Å². The number of aromatic nitrogens is 2. The van der Waals surface area contributed by atoms with Crippen molar-refractivity contribution in [1.29, 1.82) is 0 Å². The van der Waals surface area contributed by atoms with Gasteiger partial charge in [-0.15, -0.1) is 0 Å². The predicted octanol–water partition coefficient (Wildman–Crippen LogP) is 3.07. The van der Waals surface area contributed by atoms with Gasteiger partial charge < -0.3 is 4.90 Å². The third-order valence-corrected chi connectivity index (χ3v) is 3.59. The second-order valence-corrected chi connectivity index (χ2v) is 5.03. The lowest BCUT2D eigenvalue weighted by atomic mass is 10.1. The summed E-state index contributed by atoms with van der Waals surface area (Å²) in [4.78, 5) is 14.4. The molecule has 1 heterocycles. The van der Waals surface area contributed by atoms with Gasteiger partial charge in [-0.2, -0.15) is 5.10 Å². The molecule has 0 aliphatic heterocycles. The van der Waals surface area contributed by atoms with Gasteiger partial charge >= 0.3 is 0 Å². The smallest absolute Gasteiger partial charge is 0.253 e. The molecule has 2 aromatic rings. The van der Waals surface area contributed by atoms with E-state index in [9.17, 15) is 4.79 Å². The quantitative estimate of drug-likeness (QED) is 0.897. The number of hydrogen-bond acceptors (Lipinski definition) is 2. The number of aromatic amines is 1. The topological polar surface area (TPSA) is 49.0 Å². The number of nitrogens with one attached hydrogen (secondary N) is 1. The Hall–Kier alpha value is -1.84. The molecule has 1 unspecified atom stereocenters. The van der Waals surface area contributed by atoms with E-state index in [0.717, 1.165) is 36.0 Å². The summed E-state index contributed by atoms with van der Waals surface area (Å²) in [5, 5.41) is 7.91. The molecule has 2 rings (SSSR count). The van der Waals surface area contributed by atoms with Crippen molar-refractivity contribution in [2.75, 3.05) is 13.1 Å². The lowest BCUT2D eigenvalue weighted by Gasteiger charge is -2.24. The van der Waals surface area contributed by atoms with E-state index >= 15 is 0 Å². The summed E-state index contributed by atoms with van der Waals surface area (Å²) >= 11 is 0. The zero-order valence-electron chi connectivity index (χ0n) is 11.8. The van der Waals surface area contributed by atoms with E-state index in [1.165, 1.54) is 0 Å². The van der Waals surface area contributed by atoms with Gasteiger partial charge in [0.25, 0.3) is 5.91 Å². The fourth-order valence-electron chi connectivity index (χ4n) is 2.11. The Kier molecular flexibility index (Phi) is 4.20. The number of carbonyl (C=O) groups excluding carboxylic acids is 1. The number of rotatable bonds is 5. The van der Waals surface area contributed by atoms with Gasteiger partial charge in [-0.25, -0.2) is 0 Å². The number of fused-ring (bicyclic) bond motifs is 1. The molecule has 0 bridgehead atoms. The highest BCUT2D eigenvalue weighted by Gasteiger charge is 2.16. The summed E-state index contributed by atoms with van der Waals surface area (Å²) in [7, 11) is 0. The molecule has 0 saturated heterocycles. The second kappa shape index (κ2) is 5.87. The lowest BCUT2D eigenvalue weighted by Crippen LogP contribution is -2.34. The normalized spacial score (nSPS) is 12.6. The molecule has 0 aliphatic carbocycles. The van der Waals surface area contributed by atoms with Crippen molar-refractivity contribution in [1.82, 2.24) is 15.1 Å². The average molecular weight is 259 g/mol. The third-order valence-electron chi connectivity index (χ3n) is 3.59. The maximum Gasteiger partial charge on any atom is 0.253 e. The number of carbonyl (C=O) groups is 1. The number of nitrogens with zero attached hydrogens (tertiary/aromatic N) is 2. The van der Waals surface area contributed by atoms with Gasteiger partial charge in [-0.1, -0.05) is 26.3 Å². The van der Waals surface area contributed by atoms with Gasteiger partial charge in [0.05, 0.1) is 11.7 Å². The Morgan fingerprint density at radius 1 is 1.42 bits per heavy atom. The van der Waals surface area contributed by atoms with E-state index in [-0.39, 0.29) is 5.91 Å². The standard InChI is InChI=1S/C15H21N3O/c1-4-11(3)10-18(5-2)15(19)12-6-7-13-9-16-17-14(13)8-12/h6-9,11H,4-5,10H2,1-3H3,(H,16,17). The molecule has 0 spiro atoms. The molecule has 1 amide bonds. The fourth-order valence-corrected chi connectivity index (χ4v) is 2.11. The monoisotopic (exact) mass is 259 g/mol. The Morgan fingerprint density at radius 3 is 2.89 bits per heavy atom. The molecule has 1 aromatic carbocycles. The summed E-state index contributed by atoms with van der Waals surface area (Å²) < 4.78 is 0. The van der Waals surface area contributed by atoms with E-state index in [1.54, 1.807) is 6.20 Å². The van der Waals surface area contributed by atoms with Gasteiger partial charge in [0.1, 0.15) is 0 Å². The first-order valence-corrected chi connectivity index (χ1v) is 6.88. The average Bonchev–Trinajstić information content (AvgIpc) is 2.90. The van der Waals surface area contributed by atoms with Gasteiger partial charge in [-0.05, 0) is 25.0 Å². The first-order chi connectivity index (χ1) is 9.15. The van der Waals surface area contributed by atoms with E-state index in [4.69, 9.17) is 0 Å². The predicted molar refractivity (Wildman–Crippen MR) is 77.1 cm³/mol. The van der Waals surface area contributed by atoms with Gasteiger partial charge in [0, 0.05) is 24.0 Å². The zero-order valence-corrected chi connectivity index (χ0v) is 11.8. The van der Waals surface area contributed by atoms with Crippen LogP contribution in [0.4, 0.5) is 0 Å². The van der Waals surface area contributed by atoms with Crippen LogP contribution in [0.5, 0.6) is 0 Å². The number of amides is 1. The van der Waals surface area contributed by atoms with Crippen LogP contribution in [0.2, 0.25) is 0 Å². The minimum atomic E-state index is 0.0966. The third kappa shape index (κ3) is 2.95. The largest absolute Gasteiger partial charge is 0.339 e. The highest BCUT2D eigenvalue weighted by Crippen LogP contribution is 2.15. The maximum absolute atomic E-state index is 12.5. The minimum absolute atomic E-state index is 0.0966. The van der Waals surface area contributed by atoms with Crippen LogP contribution in [-0.2, 0) is 0 Å². The molecule has 4 heteroatoms. The van der Waals surface area contributed by atoms with Crippen molar-refractivity contribution in [3.05, 3.63) is 30.0 Å². The van der Waals surface area contributed by atoms with E-state index < -0.39 is 0 Å². The summed E-state index contributed by atoms with van der Waals surface area (Å²) in [5.74, 6) is 0.624. The van der Waals surface area contributed by atoms with Gasteiger partial charge in [0.15, 0.2) is 0 Å². The van der Waals surface area contributed by atoms with Crippen molar-refractivity contribution >= 4 is 16.8 Å². The molecule has 1 atom stereocenters. The van der Waals surface area contributed by atoms with Crippen molar-refractivity contribution in [3.8, 4) is 0 Å². The van der Waals surface area contributed by atoms with Crippen LogP contribution in [0.15, 0.2) is 24.4 Å². The van der Waals surface area contributed by atoms with E-state index in [0.29, 0.717) is 5.92 Å². The molecule has 19 heavy (non-hydrogen) atoms. The number of benzene rings is 1. The van der Waals surface area contributed by atoms with Crippen LogP contribution >= 0.6 is 0 Å².